The highest BCUT2D eigenvalue weighted by Gasteiger charge is 2.21. The molecule has 0 aliphatic heterocycles. The van der Waals surface area contributed by atoms with Crippen molar-refractivity contribution in [2.24, 2.45) is 4.99 Å². The number of aryl methyl sites for hydroxylation is 3. The zero-order valence-corrected chi connectivity index (χ0v) is 27.2. The van der Waals surface area contributed by atoms with Gasteiger partial charge in [0.1, 0.15) is 0 Å². The van der Waals surface area contributed by atoms with Crippen molar-refractivity contribution in [1.29, 1.82) is 5.26 Å². The van der Waals surface area contributed by atoms with E-state index in [1.807, 2.05) is 6.07 Å². The van der Waals surface area contributed by atoms with Gasteiger partial charge in [0.2, 0.25) is 0 Å². The lowest BCUT2D eigenvalue weighted by Crippen LogP contribution is -2.11. The van der Waals surface area contributed by atoms with E-state index in [-0.39, 0.29) is 18.1 Å². The number of aliphatic imine (C=N–C) groups is 1. The molecule has 0 saturated carbocycles. The average molecular weight is 571 g/mol. The third-order valence-electron chi connectivity index (χ3n) is 6.79. The molecule has 1 N–H and O–H groups in total. The van der Waals surface area contributed by atoms with Crippen molar-refractivity contribution < 1.29 is 14.7 Å². The molecule has 3 aromatic rings. The van der Waals surface area contributed by atoms with Gasteiger partial charge in [-0.2, -0.15) is 5.26 Å². The lowest BCUT2D eigenvalue weighted by molar-refractivity contribution is -0.137. The normalized spacial score (nSPS) is 10.3. The topological polar surface area (TPSA) is 90.5 Å². The lowest BCUT2D eigenvalue weighted by Gasteiger charge is -2.22. The van der Waals surface area contributed by atoms with Crippen molar-refractivity contribution in [2.45, 2.75) is 93.4 Å². The van der Waals surface area contributed by atoms with E-state index in [0.717, 1.165) is 30.4 Å². The van der Waals surface area contributed by atoms with Gasteiger partial charge in [0.05, 0.1) is 18.1 Å². The van der Waals surface area contributed by atoms with E-state index in [2.05, 4.69) is 90.5 Å². The molecule has 0 heterocycles. The van der Waals surface area contributed by atoms with Crippen molar-refractivity contribution >= 4 is 18.5 Å². The molecule has 3 rings (SSSR count). The van der Waals surface area contributed by atoms with Crippen LogP contribution < -0.4 is 0 Å². The molecule has 0 fully saturated rings. The predicted octanol–water partition coefficient (Wildman–Crippen LogP) is 9.23. The number of carboxylic acids is 1. The van der Waals surface area contributed by atoms with Gasteiger partial charge in [-0.15, -0.1) is 0 Å². The Hall–Kier alpha value is -4.04. The van der Waals surface area contributed by atoms with Gasteiger partial charge in [-0.3, -0.25) is 9.59 Å². The van der Waals surface area contributed by atoms with Crippen LogP contribution in [0.4, 0.5) is 0 Å². The molecule has 0 aromatic heterocycles. The van der Waals surface area contributed by atoms with E-state index in [4.69, 9.17) is 5.26 Å². The van der Waals surface area contributed by atoms with Gasteiger partial charge < -0.3 is 10.1 Å². The number of nitriles is 1. The Bertz CT molecular complexity index is 1340. The molecule has 0 bridgehead atoms. The van der Waals surface area contributed by atoms with Gasteiger partial charge in [-0.25, -0.2) is 0 Å². The SMILES string of the molecule is C=NC.CC(=O)c1cccc(C#N)c1.CCC.CCCc1ccc(C(CC(=O)O)c2ccc(C)c(C)c2C)cc1CC. The van der Waals surface area contributed by atoms with Crippen LogP contribution in [0.5, 0.6) is 0 Å². The lowest BCUT2D eigenvalue weighted by atomic mass is 9.82. The van der Waals surface area contributed by atoms with E-state index in [1.165, 1.54) is 41.2 Å². The van der Waals surface area contributed by atoms with E-state index in [0.29, 0.717) is 11.1 Å². The molecule has 0 amide bonds. The summed E-state index contributed by atoms with van der Waals surface area (Å²) >= 11 is 0. The van der Waals surface area contributed by atoms with Crippen LogP contribution >= 0.6 is 0 Å². The second-order valence-electron chi connectivity index (χ2n) is 10.3. The van der Waals surface area contributed by atoms with Gasteiger partial charge in [0.25, 0.3) is 0 Å². The zero-order chi connectivity index (χ0) is 32.2. The molecule has 0 saturated heterocycles. The Morgan fingerprint density at radius 1 is 0.952 bits per heavy atom. The second-order valence-corrected chi connectivity index (χ2v) is 10.3. The number of carboxylic acid groups (broad SMARTS) is 1. The van der Waals surface area contributed by atoms with Crippen LogP contribution in [0.3, 0.4) is 0 Å². The van der Waals surface area contributed by atoms with Gasteiger partial charge in [0, 0.05) is 18.5 Å². The third kappa shape index (κ3) is 12.6. The number of hydrogen-bond acceptors (Lipinski definition) is 4. The van der Waals surface area contributed by atoms with Crippen LogP contribution in [-0.2, 0) is 17.6 Å². The largest absolute Gasteiger partial charge is 0.481 e. The molecule has 5 heteroatoms. The average Bonchev–Trinajstić information content (AvgIpc) is 2.96. The summed E-state index contributed by atoms with van der Waals surface area (Å²) in [6.07, 6.45) is 4.56. The summed E-state index contributed by atoms with van der Waals surface area (Å²) in [7, 11) is 1.64. The number of aliphatic carboxylic acids is 1. The highest BCUT2D eigenvalue weighted by Crippen LogP contribution is 2.34. The predicted molar refractivity (Wildman–Crippen MR) is 177 cm³/mol. The summed E-state index contributed by atoms with van der Waals surface area (Å²) in [5.41, 5.74) is 9.81. The van der Waals surface area contributed by atoms with Gasteiger partial charge in [-0.05, 0) is 98.3 Å². The molecule has 0 aliphatic carbocycles. The molecular weight excluding hydrogens is 520 g/mol. The number of hydrogen-bond donors (Lipinski definition) is 1. The van der Waals surface area contributed by atoms with Gasteiger partial charge >= 0.3 is 5.97 Å². The summed E-state index contributed by atoms with van der Waals surface area (Å²) in [5, 5.41) is 18.0. The number of ketones is 1. The molecule has 1 atom stereocenters. The van der Waals surface area contributed by atoms with Gasteiger partial charge in [-0.1, -0.05) is 83.0 Å². The van der Waals surface area contributed by atoms with Crippen molar-refractivity contribution in [3.8, 4) is 6.07 Å². The zero-order valence-electron chi connectivity index (χ0n) is 27.2. The number of carbonyl (C=O) groups is 2. The quantitative estimate of drug-likeness (QED) is 0.216. The van der Waals surface area contributed by atoms with E-state index in [9.17, 15) is 14.7 Å². The standard InChI is InChI=1S/C23H30O2.C9H7NO.C3H8.C2H5N/c1-6-8-19-10-11-20(13-18(19)7-2)22(14-23(24)25)21-12-9-15(3)16(4)17(21)5;1-7(11)9-4-2-3-8(5-9)6-10;2*1-3-2/h9-13,22H,6-8,14H2,1-5H3,(H,24,25);2-5H,1H3;3H2,1-2H3;1H2,2H3. The fourth-order valence-corrected chi connectivity index (χ4v) is 4.45. The Balaban J connectivity index is 0.000000815. The first kappa shape index (κ1) is 38.0. The van der Waals surface area contributed by atoms with Crippen LogP contribution in [0.1, 0.15) is 115 Å². The summed E-state index contributed by atoms with van der Waals surface area (Å²) in [4.78, 5) is 25.6. The monoisotopic (exact) mass is 570 g/mol. The maximum Gasteiger partial charge on any atom is 0.304 e. The molecule has 0 spiro atoms. The first-order chi connectivity index (χ1) is 19.9. The van der Waals surface area contributed by atoms with Crippen LogP contribution in [0, 0.1) is 32.1 Å². The van der Waals surface area contributed by atoms with E-state index in [1.54, 1.807) is 31.3 Å². The molecule has 3 aromatic carbocycles. The number of nitrogens with zero attached hydrogens (tertiary/aromatic N) is 2. The number of rotatable bonds is 8. The van der Waals surface area contributed by atoms with E-state index < -0.39 is 5.97 Å². The minimum atomic E-state index is -0.752. The minimum absolute atomic E-state index is 0.0119. The molecular formula is C37H50N2O3. The highest BCUT2D eigenvalue weighted by atomic mass is 16.4. The van der Waals surface area contributed by atoms with Crippen LogP contribution in [0.25, 0.3) is 0 Å². The second kappa shape index (κ2) is 20.8. The van der Waals surface area contributed by atoms with E-state index >= 15 is 0 Å². The van der Waals surface area contributed by atoms with Crippen molar-refractivity contribution in [3.05, 3.63) is 105 Å². The molecule has 5 nitrogen and oxygen atoms in total. The first-order valence-electron chi connectivity index (χ1n) is 14.7. The highest BCUT2D eigenvalue weighted by molar-refractivity contribution is 5.94. The molecule has 226 valence electrons. The molecule has 0 radical (unpaired) electrons. The number of carbonyl (C=O) groups excluding carboxylic acids is 1. The molecule has 1 unspecified atom stereocenters. The fraction of sp³-hybridized carbons (Fsp3) is 0.405. The fourth-order valence-electron chi connectivity index (χ4n) is 4.45. The smallest absolute Gasteiger partial charge is 0.304 e. The van der Waals surface area contributed by atoms with Crippen LogP contribution in [-0.4, -0.2) is 30.6 Å². The Kier molecular flexibility index (Phi) is 18.8. The summed E-state index contributed by atoms with van der Waals surface area (Å²) < 4.78 is 0. The number of Topliss-reactive ketones (excluding diaryl/α,β-unsaturated/α-hetero) is 1. The first-order valence-corrected chi connectivity index (χ1v) is 14.7. The molecule has 0 aliphatic rings. The number of benzene rings is 3. The van der Waals surface area contributed by atoms with Crippen LogP contribution in [0.2, 0.25) is 0 Å². The minimum Gasteiger partial charge on any atom is -0.481 e. The van der Waals surface area contributed by atoms with Crippen molar-refractivity contribution in [3.63, 3.8) is 0 Å². The van der Waals surface area contributed by atoms with Gasteiger partial charge in [0.15, 0.2) is 5.78 Å². The summed E-state index contributed by atoms with van der Waals surface area (Å²) in [5.74, 6) is -0.863. The Morgan fingerprint density at radius 2 is 1.57 bits per heavy atom. The molecule has 42 heavy (non-hydrogen) atoms. The maximum atomic E-state index is 11.5. The summed E-state index contributed by atoms with van der Waals surface area (Å²) in [6.45, 7) is 19.5. The van der Waals surface area contributed by atoms with Crippen molar-refractivity contribution in [2.75, 3.05) is 7.05 Å². The van der Waals surface area contributed by atoms with Crippen molar-refractivity contribution in [1.82, 2.24) is 0 Å². The third-order valence-corrected chi connectivity index (χ3v) is 6.79. The summed E-state index contributed by atoms with van der Waals surface area (Å²) in [6, 6.07) is 19.4. The Morgan fingerprint density at radius 3 is 2.07 bits per heavy atom. The Labute approximate surface area is 254 Å². The maximum absolute atomic E-state index is 11.5. The van der Waals surface area contributed by atoms with Crippen LogP contribution in [0.15, 0.2) is 59.6 Å².